The lowest BCUT2D eigenvalue weighted by molar-refractivity contribution is 0.102. The summed E-state index contributed by atoms with van der Waals surface area (Å²) in [6.07, 6.45) is 0.271. The molecule has 0 fully saturated rings. The van der Waals surface area contributed by atoms with Gasteiger partial charge in [-0.05, 0) is 42.3 Å². The van der Waals surface area contributed by atoms with Crippen LogP contribution in [0, 0.1) is 0 Å². The van der Waals surface area contributed by atoms with Gasteiger partial charge in [0, 0.05) is 23.5 Å². The van der Waals surface area contributed by atoms with Gasteiger partial charge in [-0.15, -0.1) is 11.6 Å². The summed E-state index contributed by atoms with van der Waals surface area (Å²) in [5.41, 5.74) is 3.36. The van der Waals surface area contributed by atoms with Gasteiger partial charge in [-0.3, -0.25) is 4.79 Å². The lowest BCUT2D eigenvalue weighted by atomic mass is 10.1. The first-order chi connectivity index (χ1) is 11.1. The summed E-state index contributed by atoms with van der Waals surface area (Å²) in [4.78, 5) is 12.3. The Hall–Kier alpha value is -2.04. The molecule has 5 heteroatoms. The van der Waals surface area contributed by atoms with Crippen LogP contribution in [0.25, 0.3) is 0 Å². The van der Waals surface area contributed by atoms with E-state index in [2.05, 4.69) is 17.6 Å². The smallest absolute Gasteiger partial charge is 0.255 e. The second-order valence-corrected chi connectivity index (χ2v) is 5.54. The SMILES string of the molecule is CCc1ccccc1NC(=O)c1ccc(NCC(O)CCl)cc1. The number of alkyl halides is 1. The number of para-hydroxylation sites is 1. The van der Waals surface area contributed by atoms with Gasteiger partial charge in [0.05, 0.1) is 12.0 Å². The molecule has 3 N–H and O–H groups in total. The standard InChI is InChI=1S/C18H21ClN2O2/c1-2-13-5-3-4-6-17(13)21-18(23)14-7-9-15(10-8-14)20-12-16(22)11-19/h3-10,16,20,22H,2,11-12H2,1H3,(H,21,23). The largest absolute Gasteiger partial charge is 0.390 e. The van der Waals surface area contributed by atoms with Crippen molar-refractivity contribution >= 4 is 28.9 Å². The van der Waals surface area contributed by atoms with E-state index in [9.17, 15) is 9.90 Å². The Labute approximate surface area is 141 Å². The van der Waals surface area contributed by atoms with Crippen molar-refractivity contribution in [1.29, 1.82) is 0 Å². The Balaban J connectivity index is 2.00. The molecule has 0 aliphatic heterocycles. The van der Waals surface area contributed by atoms with Gasteiger partial charge < -0.3 is 15.7 Å². The highest BCUT2D eigenvalue weighted by molar-refractivity contribution is 6.18. The lowest BCUT2D eigenvalue weighted by Gasteiger charge is -2.12. The molecule has 0 bridgehead atoms. The molecule has 4 nitrogen and oxygen atoms in total. The number of carbonyl (C=O) groups is 1. The Kier molecular flexibility index (Phi) is 6.44. The number of nitrogens with one attached hydrogen (secondary N) is 2. The molecule has 0 heterocycles. The molecule has 1 atom stereocenters. The van der Waals surface area contributed by atoms with E-state index in [4.69, 9.17) is 11.6 Å². The molecule has 2 aromatic rings. The van der Waals surface area contributed by atoms with E-state index in [-0.39, 0.29) is 11.8 Å². The van der Waals surface area contributed by atoms with Crippen LogP contribution in [0.3, 0.4) is 0 Å². The number of aryl methyl sites for hydroxylation is 1. The third-order valence-electron chi connectivity index (χ3n) is 3.51. The quantitative estimate of drug-likeness (QED) is 0.680. The van der Waals surface area contributed by atoms with Crippen molar-refractivity contribution in [2.24, 2.45) is 0 Å². The molecule has 0 aliphatic rings. The molecule has 0 spiro atoms. The predicted molar refractivity (Wildman–Crippen MR) is 95.4 cm³/mol. The van der Waals surface area contributed by atoms with Gasteiger partial charge in [-0.25, -0.2) is 0 Å². The van der Waals surface area contributed by atoms with Crippen LogP contribution in [0.1, 0.15) is 22.8 Å². The summed E-state index contributed by atoms with van der Waals surface area (Å²) in [5, 5.41) is 15.4. The first-order valence-electron chi connectivity index (χ1n) is 7.61. The number of aliphatic hydroxyl groups is 1. The molecule has 0 aliphatic carbocycles. The number of carbonyl (C=O) groups excluding carboxylic acids is 1. The first kappa shape index (κ1) is 17.3. The Morgan fingerprint density at radius 1 is 1.17 bits per heavy atom. The first-order valence-corrected chi connectivity index (χ1v) is 8.14. The fourth-order valence-electron chi connectivity index (χ4n) is 2.17. The summed E-state index contributed by atoms with van der Waals surface area (Å²) >= 11 is 5.54. The third-order valence-corrected chi connectivity index (χ3v) is 3.87. The Morgan fingerprint density at radius 3 is 2.52 bits per heavy atom. The zero-order valence-corrected chi connectivity index (χ0v) is 13.8. The van der Waals surface area contributed by atoms with Gasteiger partial charge in [0.1, 0.15) is 0 Å². The van der Waals surface area contributed by atoms with Crippen LogP contribution in [-0.4, -0.2) is 29.5 Å². The summed E-state index contributed by atoms with van der Waals surface area (Å²) in [6.45, 7) is 2.43. The zero-order valence-electron chi connectivity index (χ0n) is 13.1. The van der Waals surface area contributed by atoms with E-state index in [0.717, 1.165) is 23.4 Å². The number of aliphatic hydroxyl groups excluding tert-OH is 1. The normalized spacial score (nSPS) is 11.8. The van der Waals surface area contributed by atoms with Crippen LogP contribution in [0.15, 0.2) is 48.5 Å². The molecule has 0 saturated carbocycles. The zero-order chi connectivity index (χ0) is 16.7. The Bertz CT molecular complexity index is 644. The van der Waals surface area contributed by atoms with Crippen molar-refractivity contribution in [3.05, 3.63) is 59.7 Å². The van der Waals surface area contributed by atoms with E-state index < -0.39 is 6.10 Å². The van der Waals surface area contributed by atoms with Gasteiger partial charge >= 0.3 is 0 Å². The lowest BCUT2D eigenvalue weighted by Crippen LogP contribution is -2.20. The highest BCUT2D eigenvalue weighted by Crippen LogP contribution is 2.17. The van der Waals surface area contributed by atoms with Gasteiger partial charge in [-0.1, -0.05) is 25.1 Å². The summed E-state index contributed by atoms with van der Waals surface area (Å²) in [7, 11) is 0. The summed E-state index contributed by atoms with van der Waals surface area (Å²) in [6, 6.07) is 14.9. The van der Waals surface area contributed by atoms with Crippen LogP contribution >= 0.6 is 11.6 Å². The van der Waals surface area contributed by atoms with Crippen molar-refractivity contribution in [2.75, 3.05) is 23.1 Å². The highest BCUT2D eigenvalue weighted by Gasteiger charge is 2.08. The molecule has 122 valence electrons. The van der Waals surface area contributed by atoms with Crippen LogP contribution in [0.2, 0.25) is 0 Å². The maximum atomic E-state index is 12.3. The van der Waals surface area contributed by atoms with Crippen molar-refractivity contribution in [3.63, 3.8) is 0 Å². The van der Waals surface area contributed by atoms with E-state index in [1.54, 1.807) is 12.1 Å². The molecule has 2 aromatic carbocycles. The van der Waals surface area contributed by atoms with E-state index in [1.807, 2.05) is 36.4 Å². The molecule has 0 radical (unpaired) electrons. The minimum absolute atomic E-state index is 0.141. The van der Waals surface area contributed by atoms with E-state index in [1.165, 1.54) is 0 Å². The minimum atomic E-state index is -0.592. The van der Waals surface area contributed by atoms with E-state index >= 15 is 0 Å². The average molecular weight is 333 g/mol. The topological polar surface area (TPSA) is 61.4 Å². The van der Waals surface area contributed by atoms with Crippen LogP contribution < -0.4 is 10.6 Å². The predicted octanol–water partition coefficient (Wildman–Crippen LogP) is 3.51. The number of benzene rings is 2. The fraction of sp³-hybridized carbons (Fsp3) is 0.278. The summed E-state index contributed by atoms with van der Waals surface area (Å²) in [5.74, 6) is 0.0443. The second kappa shape index (κ2) is 8.56. The number of amides is 1. The molecular weight excluding hydrogens is 312 g/mol. The Morgan fingerprint density at radius 2 is 1.87 bits per heavy atom. The minimum Gasteiger partial charge on any atom is -0.390 e. The highest BCUT2D eigenvalue weighted by atomic mass is 35.5. The number of hydrogen-bond acceptors (Lipinski definition) is 3. The van der Waals surface area contributed by atoms with E-state index in [0.29, 0.717) is 12.1 Å². The van der Waals surface area contributed by atoms with Crippen molar-refractivity contribution in [2.45, 2.75) is 19.4 Å². The number of rotatable bonds is 7. The molecule has 1 unspecified atom stereocenters. The monoisotopic (exact) mass is 332 g/mol. The number of hydrogen-bond donors (Lipinski definition) is 3. The van der Waals surface area contributed by atoms with Crippen molar-refractivity contribution in [3.8, 4) is 0 Å². The average Bonchev–Trinajstić information content (AvgIpc) is 2.60. The number of anilines is 2. The van der Waals surface area contributed by atoms with Crippen LogP contribution in [0.5, 0.6) is 0 Å². The van der Waals surface area contributed by atoms with Gasteiger partial charge in [0.15, 0.2) is 0 Å². The molecule has 23 heavy (non-hydrogen) atoms. The summed E-state index contributed by atoms with van der Waals surface area (Å²) < 4.78 is 0. The fourth-order valence-corrected chi connectivity index (χ4v) is 2.28. The molecule has 0 saturated heterocycles. The number of halogens is 1. The molecular formula is C18H21ClN2O2. The molecule has 2 rings (SSSR count). The van der Waals surface area contributed by atoms with Gasteiger partial charge in [0.2, 0.25) is 0 Å². The second-order valence-electron chi connectivity index (χ2n) is 5.23. The maximum absolute atomic E-state index is 12.3. The van der Waals surface area contributed by atoms with Crippen molar-refractivity contribution in [1.82, 2.24) is 0 Å². The van der Waals surface area contributed by atoms with Crippen LogP contribution in [0.4, 0.5) is 11.4 Å². The maximum Gasteiger partial charge on any atom is 0.255 e. The molecule has 0 aromatic heterocycles. The molecule has 1 amide bonds. The third kappa shape index (κ3) is 4.98. The van der Waals surface area contributed by atoms with Gasteiger partial charge in [0.25, 0.3) is 5.91 Å². The van der Waals surface area contributed by atoms with Crippen molar-refractivity contribution < 1.29 is 9.90 Å². The van der Waals surface area contributed by atoms with Crippen LogP contribution in [-0.2, 0) is 6.42 Å². The van der Waals surface area contributed by atoms with Gasteiger partial charge in [-0.2, -0.15) is 0 Å².